The third kappa shape index (κ3) is 2.42. The highest BCUT2D eigenvalue weighted by Crippen LogP contribution is 2.45. The number of fused-ring (bicyclic) bond motifs is 5. The van der Waals surface area contributed by atoms with Crippen LogP contribution in [0.5, 0.6) is 11.5 Å². The van der Waals surface area contributed by atoms with Crippen LogP contribution in [0.15, 0.2) is 60.7 Å². The van der Waals surface area contributed by atoms with E-state index < -0.39 is 0 Å². The molecule has 4 nitrogen and oxygen atoms in total. The SMILES string of the molecule is C.CC1(C)OB(c2ccc3c(c2)c2cccc4c2n3-c2ccccc2O4)OC1(C)C. The Morgan fingerprint density at radius 3 is 2.23 bits per heavy atom. The molecule has 30 heavy (non-hydrogen) atoms. The van der Waals surface area contributed by atoms with Gasteiger partial charge < -0.3 is 18.6 Å². The molecule has 0 atom stereocenters. The fraction of sp³-hybridized carbons (Fsp3) is 0.280. The molecule has 1 aromatic heterocycles. The van der Waals surface area contributed by atoms with Gasteiger partial charge in [0.1, 0.15) is 0 Å². The van der Waals surface area contributed by atoms with Gasteiger partial charge in [0.25, 0.3) is 0 Å². The summed E-state index contributed by atoms with van der Waals surface area (Å²) in [6.07, 6.45) is 0. The van der Waals surface area contributed by atoms with Gasteiger partial charge in [-0.05, 0) is 57.4 Å². The van der Waals surface area contributed by atoms with Crippen molar-refractivity contribution < 1.29 is 14.0 Å². The lowest BCUT2D eigenvalue weighted by Crippen LogP contribution is -2.41. The second-order valence-corrected chi connectivity index (χ2v) is 8.92. The van der Waals surface area contributed by atoms with E-state index in [0.29, 0.717) is 0 Å². The molecule has 1 saturated heterocycles. The molecule has 0 radical (unpaired) electrons. The van der Waals surface area contributed by atoms with Crippen molar-refractivity contribution in [3.05, 3.63) is 60.7 Å². The Labute approximate surface area is 177 Å². The average molecular weight is 399 g/mol. The minimum absolute atomic E-state index is 0. The maximum absolute atomic E-state index is 6.28. The summed E-state index contributed by atoms with van der Waals surface area (Å²) in [6, 6.07) is 20.9. The molecule has 2 aliphatic rings. The maximum atomic E-state index is 6.28. The van der Waals surface area contributed by atoms with Crippen molar-refractivity contribution >= 4 is 34.4 Å². The summed E-state index contributed by atoms with van der Waals surface area (Å²) in [6.45, 7) is 8.34. The van der Waals surface area contributed by atoms with Crippen LogP contribution in [-0.4, -0.2) is 22.9 Å². The summed E-state index contributed by atoms with van der Waals surface area (Å²) in [5.74, 6) is 1.76. The highest BCUT2D eigenvalue weighted by molar-refractivity contribution is 6.62. The molecular formula is C25H26BNO3. The van der Waals surface area contributed by atoms with Crippen LogP contribution in [0.25, 0.3) is 27.5 Å². The summed E-state index contributed by atoms with van der Waals surface area (Å²) in [5, 5.41) is 2.35. The highest BCUT2D eigenvalue weighted by Gasteiger charge is 2.51. The topological polar surface area (TPSA) is 32.6 Å². The first-order valence-electron chi connectivity index (χ1n) is 10.1. The second kappa shape index (κ2) is 6.13. The van der Waals surface area contributed by atoms with E-state index >= 15 is 0 Å². The van der Waals surface area contributed by atoms with Crippen molar-refractivity contribution in [2.75, 3.05) is 0 Å². The molecule has 0 N–H and O–H groups in total. The van der Waals surface area contributed by atoms with Crippen LogP contribution in [0.4, 0.5) is 0 Å². The molecule has 1 fully saturated rings. The van der Waals surface area contributed by atoms with Crippen molar-refractivity contribution in [1.82, 2.24) is 4.57 Å². The summed E-state index contributed by atoms with van der Waals surface area (Å²) in [4.78, 5) is 0. The lowest BCUT2D eigenvalue weighted by molar-refractivity contribution is 0.00578. The van der Waals surface area contributed by atoms with Crippen LogP contribution in [0.1, 0.15) is 35.1 Å². The van der Waals surface area contributed by atoms with E-state index in [1.165, 1.54) is 10.8 Å². The number of nitrogens with zero attached hydrogens (tertiary/aromatic N) is 1. The molecule has 0 unspecified atom stereocenters. The van der Waals surface area contributed by atoms with Gasteiger partial charge in [-0.2, -0.15) is 0 Å². The molecule has 3 heterocycles. The largest absolute Gasteiger partial charge is 0.494 e. The van der Waals surface area contributed by atoms with Crippen LogP contribution in [0, 0.1) is 0 Å². The van der Waals surface area contributed by atoms with Gasteiger partial charge in [-0.3, -0.25) is 0 Å². The van der Waals surface area contributed by atoms with Crippen LogP contribution in [-0.2, 0) is 9.31 Å². The monoisotopic (exact) mass is 399 g/mol. The normalized spacial score (nSPS) is 18.2. The lowest BCUT2D eigenvalue weighted by atomic mass is 9.78. The molecule has 4 aromatic rings. The number of hydrogen-bond donors (Lipinski definition) is 0. The molecule has 152 valence electrons. The van der Waals surface area contributed by atoms with E-state index in [-0.39, 0.29) is 25.7 Å². The third-order valence-electron chi connectivity index (χ3n) is 6.63. The Bertz CT molecular complexity index is 1290. The van der Waals surface area contributed by atoms with Crippen LogP contribution < -0.4 is 10.2 Å². The molecule has 6 rings (SSSR count). The van der Waals surface area contributed by atoms with Crippen molar-refractivity contribution in [1.29, 1.82) is 0 Å². The second-order valence-electron chi connectivity index (χ2n) is 8.92. The van der Waals surface area contributed by atoms with Crippen molar-refractivity contribution in [3.8, 4) is 17.2 Å². The summed E-state index contributed by atoms with van der Waals surface area (Å²) < 4.78 is 21.1. The molecule has 0 spiro atoms. The first-order valence-corrected chi connectivity index (χ1v) is 10.1. The van der Waals surface area contributed by atoms with E-state index in [9.17, 15) is 0 Å². The number of ether oxygens (including phenoxy) is 1. The highest BCUT2D eigenvalue weighted by atomic mass is 16.7. The molecule has 3 aromatic carbocycles. The summed E-state index contributed by atoms with van der Waals surface area (Å²) >= 11 is 0. The van der Waals surface area contributed by atoms with Gasteiger partial charge in [0.05, 0.1) is 27.9 Å². The lowest BCUT2D eigenvalue weighted by Gasteiger charge is -2.32. The zero-order chi connectivity index (χ0) is 20.0. The van der Waals surface area contributed by atoms with E-state index in [1.807, 2.05) is 24.3 Å². The average Bonchev–Trinajstić information content (AvgIpc) is 3.14. The Morgan fingerprint density at radius 2 is 1.47 bits per heavy atom. The molecule has 0 aliphatic carbocycles. The predicted molar refractivity (Wildman–Crippen MR) is 123 cm³/mol. The molecule has 2 aliphatic heterocycles. The molecule has 5 heteroatoms. The zero-order valence-corrected chi connectivity index (χ0v) is 17.0. The van der Waals surface area contributed by atoms with E-state index in [4.69, 9.17) is 14.0 Å². The Morgan fingerprint density at radius 1 is 0.767 bits per heavy atom. The fourth-order valence-electron chi connectivity index (χ4n) is 4.36. The summed E-state index contributed by atoms with van der Waals surface area (Å²) in [7, 11) is -0.375. The standard InChI is InChI=1S/C24H22BNO3.CH4/c1-23(2)24(3,4)29-25(28-23)15-12-13-18-17(14-15)16-8-7-11-21-22(16)26(18)19-9-5-6-10-20(19)27-21;/h5-14H,1-4H3;1H4. The maximum Gasteiger partial charge on any atom is 0.494 e. The van der Waals surface area contributed by atoms with Gasteiger partial charge in [-0.25, -0.2) is 0 Å². The molecule has 0 bridgehead atoms. The number of hydrogen-bond acceptors (Lipinski definition) is 3. The van der Waals surface area contributed by atoms with Crippen LogP contribution >= 0.6 is 0 Å². The van der Waals surface area contributed by atoms with Gasteiger partial charge in [0.15, 0.2) is 11.5 Å². The van der Waals surface area contributed by atoms with Gasteiger partial charge in [-0.15, -0.1) is 0 Å². The zero-order valence-electron chi connectivity index (χ0n) is 17.0. The first-order chi connectivity index (χ1) is 13.9. The van der Waals surface area contributed by atoms with Gasteiger partial charge >= 0.3 is 7.12 Å². The Hall–Kier alpha value is -2.76. The first kappa shape index (κ1) is 19.2. The minimum atomic E-state index is -0.375. The molecule has 0 saturated carbocycles. The number of aromatic nitrogens is 1. The van der Waals surface area contributed by atoms with E-state index in [1.54, 1.807) is 0 Å². The Kier molecular flexibility index (Phi) is 3.93. The van der Waals surface area contributed by atoms with Gasteiger partial charge in [0, 0.05) is 10.8 Å². The van der Waals surface area contributed by atoms with Crippen LogP contribution in [0.2, 0.25) is 0 Å². The minimum Gasteiger partial charge on any atom is -0.453 e. The quantitative estimate of drug-likeness (QED) is 0.333. The predicted octanol–water partition coefficient (Wildman–Crippen LogP) is 5.82. The van der Waals surface area contributed by atoms with Crippen molar-refractivity contribution in [2.24, 2.45) is 0 Å². The van der Waals surface area contributed by atoms with Crippen molar-refractivity contribution in [2.45, 2.75) is 46.3 Å². The van der Waals surface area contributed by atoms with Crippen molar-refractivity contribution in [3.63, 3.8) is 0 Å². The van der Waals surface area contributed by atoms with E-state index in [0.717, 1.165) is 33.7 Å². The number of benzene rings is 3. The third-order valence-corrected chi connectivity index (χ3v) is 6.63. The number of para-hydroxylation sites is 3. The van der Waals surface area contributed by atoms with E-state index in [2.05, 4.69) is 68.7 Å². The molecular weight excluding hydrogens is 373 g/mol. The number of rotatable bonds is 1. The molecule has 0 amide bonds. The Balaban J connectivity index is 0.00000193. The smallest absolute Gasteiger partial charge is 0.453 e. The summed E-state index contributed by atoms with van der Waals surface area (Å²) in [5.41, 5.74) is 3.65. The van der Waals surface area contributed by atoms with Crippen LogP contribution in [0.3, 0.4) is 0 Å². The fourth-order valence-corrected chi connectivity index (χ4v) is 4.36. The van der Waals surface area contributed by atoms with Gasteiger partial charge in [0.2, 0.25) is 0 Å². The van der Waals surface area contributed by atoms with Gasteiger partial charge in [-0.1, -0.05) is 43.8 Å².